The van der Waals surface area contributed by atoms with E-state index in [0.717, 1.165) is 26.5 Å². The summed E-state index contributed by atoms with van der Waals surface area (Å²) in [6, 6.07) is 33.5. The average molecular weight is 1790 g/mol. The summed E-state index contributed by atoms with van der Waals surface area (Å²) in [5.41, 5.74) is 9.45. The number of likely N-dealkylation sites (N-methyl/N-ethyl adjacent to an activating group) is 5. The Morgan fingerprint density at radius 3 is 1.60 bits per heavy atom. The molecule has 0 spiro atoms. The molecule has 8 rings (SSSR count). The van der Waals surface area contributed by atoms with E-state index in [0.29, 0.717) is 57.1 Å². The largest absolute Gasteiger partial charge is 0.508 e. The molecule has 1 aromatic heterocycles. The van der Waals surface area contributed by atoms with Crippen molar-refractivity contribution in [2.24, 2.45) is 29.4 Å². The third kappa shape index (κ3) is 31.2. The Hall–Kier alpha value is -12.9. The molecule has 0 unspecified atom stereocenters. The highest BCUT2D eigenvalue weighted by Gasteiger charge is 2.42. The number of nitrogens with zero attached hydrogens (tertiary/aromatic N) is 5. The van der Waals surface area contributed by atoms with Gasteiger partial charge < -0.3 is 81.5 Å². The van der Waals surface area contributed by atoms with Crippen molar-refractivity contribution in [2.45, 2.75) is 165 Å². The Morgan fingerprint density at radius 2 is 1.02 bits per heavy atom. The Morgan fingerprint density at radius 1 is 0.496 bits per heavy atom. The maximum absolute atomic E-state index is 15.6. The van der Waals surface area contributed by atoms with Gasteiger partial charge in [-0.25, -0.2) is 0 Å². The number of thioether (sulfide) groups is 1. The van der Waals surface area contributed by atoms with Gasteiger partial charge in [0.05, 0.1) is 49.4 Å². The number of fused-ring (bicyclic) bond motifs is 1. The number of hydrogen-bond acceptors (Lipinski definition) is 21. The van der Waals surface area contributed by atoms with Crippen molar-refractivity contribution in [1.29, 1.82) is 0 Å². The smallest absolute Gasteiger partial charge is 0.293 e. The number of aromatic amines is 1. The lowest BCUT2D eigenvalue weighted by Gasteiger charge is -2.37. The summed E-state index contributed by atoms with van der Waals surface area (Å²) in [7, 11) is 8.03. The number of ether oxygens (including phenoxy) is 2. The number of phenols is 2. The first-order chi connectivity index (χ1) is 61.6. The summed E-state index contributed by atoms with van der Waals surface area (Å²) < 4.78 is 10.7. The number of benzene rings is 6. The number of nitrogens with two attached hydrogens (primary N) is 1. The van der Waals surface area contributed by atoms with E-state index in [9.17, 15) is 43.8 Å². The molecule has 11 atom stereocenters. The molecule has 11 amide bonds. The molecule has 33 heteroatoms. The van der Waals surface area contributed by atoms with Gasteiger partial charge in [0, 0.05) is 135 Å². The Labute approximate surface area is 755 Å². The van der Waals surface area contributed by atoms with Crippen molar-refractivity contribution in [2.75, 3.05) is 80.2 Å². The number of unbranched alkanes of at least 4 members (excludes halogenated alkanes) is 1. The Balaban J connectivity index is 1.21. The third-order valence-corrected chi connectivity index (χ3v) is 23.9. The molecule has 690 valence electrons. The predicted octanol–water partition coefficient (Wildman–Crippen LogP) is 5.52. The second-order valence-electron chi connectivity index (χ2n) is 33.4. The fraction of sp³-hybridized carbons (Fsp3) is 0.438. The molecule has 1 saturated heterocycles. The summed E-state index contributed by atoms with van der Waals surface area (Å²) in [5, 5.41) is 35.6. The molecule has 0 radical (unpaired) electrons. The van der Waals surface area contributed by atoms with Gasteiger partial charge in [-0.3, -0.25) is 76.7 Å². The number of hydrogen-bond donors (Lipinski definition) is 9. The fourth-order valence-corrected chi connectivity index (χ4v) is 16.6. The zero-order chi connectivity index (χ0) is 94.0. The maximum atomic E-state index is 15.6. The van der Waals surface area contributed by atoms with Crippen molar-refractivity contribution in [3.63, 3.8) is 0 Å². The van der Waals surface area contributed by atoms with Gasteiger partial charge in [-0.2, -0.15) is 0 Å². The van der Waals surface area contributed by atoms with E-state index in [1.54, 1.807) is 135 Å². The lowest BCUT2D eigenvalue weighted by atomic mass is 9.89. The molecular weight excluding hydrogens is 1670 g/mol. The van der Waals surface area contributed by atoms with Crippen molar-refractivity contribution in [3.05, 3.63) is 203 Å². The maximum Gasteiger partial charge on any atom is 0.293 e. The summed E-state index contributed by atoms with van der Waals surface area (Å²) in [4.78, 5) is 244. The lowest BCUT2D eigenvalue weighted by molar-refractivity contribution is -0.151. The van der Waals surface area contributed by atoms with Crippen molar-refractivity contribution >= 4 is 117 Å². The number of Topliss-reactive ketones (excluding diaryl/α,β-unsaturated/α-hetero) is 4. The summed E-state index contributed by atoms with van der Waals surface area (Å²) in [6.07, 6.45) is -1.06. The molecule has 129 heavy (non-hydrogen) atoms. The molecule has 1 fully saturated rings. The fourth-order valence-electron chi connectivity index (χ4n) is 15.7. The van der Waals surface area contributed by atoms with E-state index in [2.05, 4.69) is 31.6 Å². The summed E-state index contributed by atoms with van der Waals surface area (Å²) >= 11 is 0.888. The highest BCUT2D eigenvalue weighted by Crippen LogP contribution is 2.27. The molecule has 0 saturated carbocycles. The molecule has 1 aliphatic heterocycles. The summed E-state index contributed by atoms with van der Waals surface area (Å²) in [5.74, 6) is -16.9. The normalized spacial score (nSPS) is 22.0. The van der Waals surface area contributed by atoms with Crippen LogP contribution in [0, 0.1) is 23.7 Å². The number of carbonyl (C=O) groups is 16. The van der Waals surface area contributed by atoms with Crippen molar-refractivity contribution < 1.29 is 96.4 Å². The van der Waals surface area contributed by atoms with E-state index in [1.165, 1.54) is 101 Å². The number of aromatic hydroxyl groups is 2. The van der Waals surface area contributed by atoms with Crippen LogP contribution in [0.3, 0.4) is 0 Å². The highest BCUT2D eigenvalue weighted by molar-refractivity contribution is 8.00. The van der Waals surface area contributed by atoms with Gasteiger partial charge in [-0.15, -0.1) is 11.8 Å². The average Bonchev–Trinajstić information content (AvgIpc) is 1.77. The van der Waals surface area contributed by atoms with Crippen LogP contribution in [-0.2, 0) is 125 Å². The zero-order valence-electron chi connectivity index (χ0n) is 74.5. The monoisotopic (exact) mass is 1790 g/mol. The minimum Gasteiger partial charge on any atom is -0.508 e. The van der Waals surface area contributed by atoms with Crippen molar-refractivity contribution in [1.82, 2.24) is 56.1 Å². The third-order valence-electron chi connectivity index (χ3n) is 22.8. The number of amides is 11. The number of para-hydroxylation sites is 1. The van der Waals surface area contributed by atoms with Crippen LogP contribution in [0.25, 0.3) is 10.9 Å². The Kier molecular flexibility index (Phi) is 39.8. The first-order valence-electron chi connectivity index (χ1n) is 43.2. The van der Waals surface area contributed by atoms with Crippen LogP contribution < -0.4 is 32.3 Å². The van der Waals surface area contributed by atoms with E-state index >= 15 is 43.2 Å². The lowest BCUT2D eigenvalue weighted by Crippen LogP contribution is -2.58. The number of ketones is 4. The summed E-state index contributed by atoms with van der Waals surface area (Å²) in [6.45, 7) is 3.07. The molecule has 0 aliphatic carbocycles. The van der Waals surface area contributed by atoms with Gasteiger partial charge in [0.25, 0.3) is 6.47 Å². The van der Waals surface area contributed by atoms with Gasteiger partial charge >= 0.3 is 0 Å². The number of rotatable bonds is 26. The molecule has 32 nitrogen and oxygen atoms in total. The first kappa shape index (κ1) is 101. The van der Waals surface area contributed by atoms with Crippen LogP contribution >= 0.6 is 11.8 Å². The second kappa shape index (κ2) is 50.6. The predicted molar refractivity (Wildman–Crippen MR) is 484 cm³/mol. The number of primary amides is 1. The van der Waals surface area contributed by atoms with Crippen LogP contribution in [0.2, 0.25) is 0 Å². The van der Waals surface area contributed by atoms with E-state index in [-0.39, 0.29) is 81.0 Å². The number of phenolic OH excluding ortho intramolecular Hbond substituents is 2. The van der Waals surface area contributed by atoms with E-state index in [1.807, 2.05) is 6.92 Å². The minimum atomic E-state index is -1.53. The van der Waals surface area contributed by atoms with Gasteiger partial charge in [0.15, 0.2) is 17.3 Å². The minimum absolute atomic E-state index is 0.0389. The van der Waals surface area contributed by atoms with Gasteiger partial charge in [-0.05, 0) is 88.9 Å². The van der Waals surface area contributed by atoms with Crippen LogP contribution in [0.15, 0.2) is 170 Å². The van der Waals surface area contributed by atoms with Crippen LogP contribution in [0.1, 0.15) is 112 Å². The first-order valence-corrected chi connectivity index (χ1v) is 44.3. The van der Waals surface area contributed by atoms with Crippen LogP contribution in [0.4, 0.5) is 0 Å². The standard InChI is InChI=1S/C96H120N12O20S/c1-10-11-31-80-95(125)104(4)53-72(112)48-68(56-128-59-109)84(114)51-69(55-127-9)92(122)107(7)81(46-62-25-17-13-18-26-62)91(121)102-77(45-65-34-38-71(111)39-35-65)93(123)105(5)54-87(117)99-75(49-67-52-98-74-30-22-21-29-73(67)74)85(115)50-66(43-64-32-36-70(110)37-33-64)89(119)101-76(42-60(2)3)90(120)103-79(83(113)40-41-86(97)116)57-129-58-88(118)100-78(44-61-23-15-12-16-24-61)94(124)108(8)82(96(126)106(80)6)47-63-27-19-14-20-28-63/h12-30,32-39,52,59-60,66,68-69,75-82,98,110-111H,10-11,31,40-51,53-58H2,1-9H3,(H2,97,116)(H,99,117)(H,100,118)(H,101,119)(H,102,121)(H,103,120)/t66-,68+,69+,75+,76+,77+,78+,79+,80+,81+,82+/m1/s1. The van der Waals surface area contributed by atoms with Crippen LogP contribution in [-0.4, -0.2) is 263 Å². The number of H-pyrrole nitrogens is 1. The highest BCUT2D eigenvalue weighted by atomic mass is 32.2. The molecule has 0 bridgehead atoms. The SMILES string of the molecule is CCCC[C@H]1C(=O)N(C)CC(=O)C[C@@H](COC=O)C(=O)C[C@@H](COC)C(=O)N(C)[C@@H](Cc2ccccc2)C(=O)N[C@@H](Cc2ccc(O)cc2)C(=O)N(C)CC(=O)N[C@@H](Cc2c[nH]c3ccccc23)C(=O)C[C@@H](Cc2ccc(O)cc2)C(=O)N[C@@H](CC(C)C)C(=O)N[C@H](C(=O)CCC(N)=O)CSCC(=O)N[C@@H](Cc2ccccc2)C(=O)N(C)[C@@H](Cc2ccccc2)C(=O)N1C. The van der Waals surface area contributed by atoms with Crippen LogP contribution in [0.5, 0.6) is 11.5 Å². The molecule has 6 aromatic carbocycles. The second-order valence-corrected chi connectivity index (χ2v) is 34.4. The molecule has 2 heterocycles. The van der Waals surface area contributed by atoms with Crippen molar-refractivity contribution in [3.8, 4) is 11.5 Å². The number of nitrogens with one attached hydrogen (secondary N) is 6. The number of aromatic nitrogens is 1. The Bertz CT molecular complexity index is 5000. The topological polar surface area (TPSA) is 450 Å². The number of carbonyl (C=O) groups excluding carboxylic acids is 16. The molecule has 1 aliphatic rings. The zero-order valence-corrected chi connectivity index (χ0v) is 75.3. The number of methoxy groups -OCH3 is 1. The van der Waals surface area contributed by atoms with E-state index < -0.39 is 218 Å². The quantitative estimate of drug-likeness (QED) is 0.0301. The van der Waals surface area contributed by atoms with Gasteiger partial charge in [0.1, 0.15) is 60.1 Å². The molecule has 10 N–H and O–H groups in total. The van der Waals surface area contributed by atoms with Gasteiger partial charge in [0.2, 0.25) is 65.0 Å². The molecule has 7 aromatic rings. The van der Waals surface area contributed by atoms with E-state index in [4.69, 9.17) is 15.2 Å². The van der Waals surface area contributed by atoms with Gasteiger partial charge in [-0.1, -0.05) is 167 Å². The molecular formula is C96H120N12O20S.